The minimum atomic E-state index is 0.447. The first-order valence-corrected chi connectivity index (χ1v) is 6.74. The lowest BCUT2D eigenvalue weighted by Crippen LogP contribution is -2.33. The Balaban J connectivity index is 2.14. The molecule has 1 aromatic heterocycles. The van der Waals surface area contributed by atoms with E-state index in [-0.39, 0.29) is 0 Å². The minimum Gasteiger partial charge on any atom is -0.366 e. The summed E-state index contributed by atoms with van der Waals surface area (Å²) in [6.45, 7) is 6.56. The molecule has 96 valence electrons. The van der Waals surface area contributed by atoms with E-state index in [0.717, 1.165) is 17.4 Å². The van der Waals surface area contributed by atoms with Crippen molar-refractivity contribution in [3.05, 3.63) is 23.4 Å². The molecule has 1 heterocycles. The van der Waals surface area contributed by atoms with E-state index in [1.165, 1.54) is 19.3 Å². The first-order valence-electron chi connectivity index (χ1n) is 6.74. The second kappa shape index (κ2) is 5.39. The number of hydrogen-bond acceptors (Lipinski definition) is 3. The molecule has 1 aromatic rings. The van der Waals surface area contributed by atoms with Gasteiger partial charge in [0.2, 0.25) is 0 Å². The predicted octanol–water partition coefficient (Wildman–Crippen LogP) is 3.50. The molecule has 3 atom stereocenters. The van der Waals surface area contributed by atoms with Crippen molar-refractivity contribution in [1.29, 1.82) is 5.26 Å². The van der Waals surface area contributed by atoms with E-state index in [1.54, 1.807) is 0 Å². The molecule has 1 saturated carbocycles. The van der Waals surface area contributed by atoms with Crippen molar-refractivity contribution < 1.29 is 0 Å². The Bertz CT molecular complexity index is 461. The Hall–Kier alpha value is -1.56. The molecular formula is C15H21N3. The number of aryl methyl sites for hydroxylation is 1. The van der Waals surface area contributed by atoms with Crippen LogP contribution in [-0.4, -0.2) is 11.0 Å². The molecule has 0 bridgehead atoms. The molecule has 3 nitrogen and oxygen atoms in total. The Morgan fingerprint density at radius 3 is 2.78 bits per heavy atom. The second-order valence-corrected chi connectivity index (χ2v) is 5.61. The van der Waals surface area contributed by atoms with Gasteiger partial charge in [-0.2, -0.15) is 5.26 Å². The molecule has 1 fully saturated rings. The van der Waals surface area contributed by atoms with Crippen molar-refractivity contribution in [1.82, 2.24) is 4.98 Å². The van der Waals surface area contributed by atoms with Gasteiger partial charge in [0.05, 0.1) is 5.56 Å². The molecule has 18 heavy (non-hydrogen) atoms. The Labute approximate surface area is 109 Å². The van der Waals surface area contributed by atoms with Gasteiger partial charge < -0.3 is 5.32 Å². The summed E-state index contributed by atoms with van der Waals surface area (Å²) in [5.41, 5.74) is 1.60. The van der Waals surface area contributed by atoms with Gasteiger partial charge in [0.15, 0.2) is 0 Å². The summed E-state index contributed by atoms with van der Waals surface area (Å²) >= 11 is 0. The zero-order valence-corrected chi connectivity index (χ0v) is 11.4. The maximum atomic E-state index is 9.12. The van der Waals surface area contributed by atoms with Crippen LogP contribution in [0, 0.1) is 30.1 Å². The maximum Gasteiger partial charge on any atom is 0.144 e. The number of nitrogens with one attached hydrogen (secondary N) is 1. The number of anilines is 1. The topological polar surface area (TPSA) is 48.7 Å². The summed E-state index contributed by atoms with van der Waals surface area (Å²) in [4.78, 5) is 4.46. The van der Waals surface area contributed by atoms with Crippen LogP contribution in [0.4, 0.5) is 5.82 Å². The highest BCUT2D eigenvalue weighted by molar-refractivity contribution is 5.52. The molecule has 0 amide bonds. The van der Waals surface area contributed by atoms with Crippen molar-refractivity contribution >= 4 is 5.82 Å². The van der Waals surface area contributed by atoms with E-state index in [4.69, 9.17) is 5.26 Å². The second-order valence-electron chi connectivity index (χ2n) is 5.61. The molecule has 1 aliphatic rings. The molecule has 2 rings (SSSR count). The smallest absolute Gasteiger partial charge is 0.144 e. The summed E-state index contributed by atoms with van der Waals surface area (Å²) in [6.07, 6.45) is 3.68. The van der Waals surface area contributed by atoms with E-state index in [1.807, 2.05) is 19.1 Å². The first-order chi connectivity index (χ1) is 8.60. The molecule has 1 aliphatic carbocycles. The van der Waals surface area contributed by atoms with Crippen LogP contribution in [0.2, 0.25) is 0 Å². The molecule has 3 unspecified atom stereocenters. The predicted molar refractivity (Wildman–Crippen MR) is 73.3 cm³/mol. The van der Waals surface area contributed by atoms with Crippen molar-refractivity contribution in [3.8, 4) is 6.07 Å². The number of aromatic nitrogens is 1. The van der Waals surface area contributed by atoms with Gasteiger partial charge in [0.1, 0.15) is 11.9 Å². The monoisotopic (exact) mass is 243 g/mol. The molecule has 3 heteroatoms. The first kappa shape index (κ1) is 12.9. The summed E-state index contributed by atoms with van der Waals surface area (Å²) in [7, 11) is 0. The van der Waals surface area contributed by atoms with Gasteiger partial charge in [-0.15, -0.1) is 0 Å². The average molecular weight is 243 g/mol. The largest absolute Gasteiger partial charge is 0.366 e. The van der Waals surface area contributed by atoms with Crippen LogP contribution in [0.15, 0.2) is 12.1 Å². The lowest BCUT2D eigenvalue weighted by molar-refractivity contribution is 0.276. The third kappa shape index (κ3) is 2.81. The molecule has 0 aromatic carbocycles. The summed E-state index contributed by atoms with van der Waals surface area (Å²) in [6, 6.07) is 6.39. The van der Waals surface area contributed by atoms with Crippen LogP contribution in [0.1, 0.15) is 44.4 Å². The van der Waals surface area contributed by atoms with Crippen LogP contribution >= 0.6 is 0 Å². The number of hydrogen-bond donors (Lipinski definition) is 1. The van der Waals surface area contributed by atoms with Gasteiger partial charge in [-0.25, -0.2) is 4.98 Å². The fraction of sp³-hybridized carbons (Fsp3) is 0.600. The number of nitriles is 1. The van der Waals surface area contributed by atoms with Gasteiger partial charge in [-0.1, -0.05) is 13.8 Å². The minimum absolute atomic E-state index is 0.447. The highest BCUT2D eigenvalue weighted by Gasteiger charge is 2.25. The van der Waals surface area contributed by atoms with E-state index in [9.17, 15) is 0 Å². The fourth-order valence-electron chi connectivity index (χ4n) is 2.81. The maximum absolute atomic E-state index is 9.12. The van der Waals surface area contributed by atoms with Crippen molar-refractivity contribution in [3.63, 3.8) is 0 Å². The standard InChI is InChI=1S/C15H21N3/c1-10-4-7-14(11(2)8-10)18-15-13(9-16)6-5-12(3)17-15/h5-6,10-11,14H,4,7-8H2,1-3H3,(H,17,18). The highest BCUT2D eigenvalue weighted by Crippen LogP contribution is 2.31. The van der Waals surface area contributed by atoms with Gasteiger partial charge in [-0.3, -0.25) is 0 Å². The average Bonchev–Trinajstić information content (AvgIpc) is 2.33. The van der Waals surface area contributed by atoms with Crippen LogP contribution < -0.4 is 5.32 Å². The van der Waals surface area contributed by atoms with Gasteiger partial charge in [0.25, 0.3) is 0 Å². The zero-order chi connectivity index (χ0) is 13.1. The molecule has 0 spiro atoms. The van der Waals surface area contributed by atoms with Crippen molar-refractivity contribution in [2.75, 3.05) is 5.32 Å². The fourth-order valence-corrected chi connectivity index (χ4v) is 2.81. The van der Waals surface area contributed by atoms with Crippen molar-refractivity contribution in [2.45, 2.75) is 46.1 Å². The lowest BCUT2D eigenvalue weighted by Gasteiger charge is -2.33. The SMILES string of the molecule is Cc1ccc(C#N)c(NC2CCC(C)CC2C)n1. The van der Waals surface area contributed by atoms with Crippen LogP contribution in [0.25, 0.3) is 0 Å². The lowest BCUT2D eigenvalue weighted by atomic mass is 9.80. The van der Waals surface area contributed by atoms with Gasteiger partial charge in [-0.05, 0) is 50.2 Å². The number of rotatable bonds is 2. The van der Waals surface area contributed by atoms with Crippen LogP contribution in [0.5, 0.6) is 0 Å². The summed E-state index contributed by atoms with van der Waals surface area (Å²) < 4.78 is 0. The molecule has 1 N–H and O–H groups in total. The molecule has 0 aliphatic heterocycles. The molecular weight excluding hydrogens is 222 g/mol. The molecule has 0 radical (unpaired) electrons. The third-order valence-corrected chi connectivity index (χ3v) is 3.91. The quantitative estimate of drug-likeness (QED) is 0.864. The normalized spacial score (nSPS) is 27.6. The Morgan fingerprint density at radius 2 is 2.11 bits per heavy atom. The Morgan fingerprint density at radius 1 is 1.33 bits per heavy atom. The zero-order valence-electron chi connectivity index (χ0n) is 11.4. The number of nitrogens with zero attached hydrogens (tertiary/aromatic N) is 2. The van der Waals surface area contributed by atoms with Crippen LogP contribution in [-0.2, 0) is 0 Å². The summed E-state index contributed by atoms with van der Waals surface area (Å²) in [5.74, 6) is 2.21. The summed E-state index contributed by atoms with van der Waals surface area (Å²) in [5, 5.41) is 12.6. The van der Waals surface area contributed by atoms with E-state index in [0.29, 0.717) is 17.5 Å². The van der Waals surface area contributed by atoms with E-state index < -0.39 is 0 Å². The van der Waals surface area contributed by atoms with E-state index in [2.05, 4.69) is 30.2 Å². The van der Waals surface area contributed by atoms with E-state index >= 15 is 0 Å². The Kier molecular flexibility index (Phi) is 3.86. The van der Waals surface area contributed by atoms with Gasteiger partial charge in [0, 0.05) is 11.7 Å². The van der Waals surface area contributed by atoms with Crippen molar-refractivity contribution in [2.24, 2.45) is 11.8 Å². The van der Waals surface area contributed by atoms with Crippen LogP contribution in [0.3, 0.4) is 0 Å². The number of pyridine rings is 1. The molecule has 0 saturated heterocycles. The highest BCUT2D eigenvalue weighted by atomic mass is 15.0. The van der Waals surface area contributed by atoms with Gasteiger partial charge >= 0.3 is 0 Å². The third-order valence-electron chi connectivity index (χ3n) is 3.91.